The van der Waals surface area contributed by atoms with E-state index >= 15 is 0 Å². The SMILES string of the molecule is N#C/C(=C\c1cccc([N+](=O)[O-])c1)C(Br)Br. The first-order chi connectivity index (χ1) is 7.54. The van der Waals surface area contributed by atoms with Gasteiger partial charge in [0.2, 0.25) is 0 Å². The number of rotatable bonds is 3. The number of benzene rings is 1. The Labute approximate surface area is 109 Å². The summed E-state index contributed by atoms with van der Waals surface area (Å²) in [5.74, 6) is 0. The fourth-order valence-electron chi connectivity index (χ4n) is 1.05. The van der Waals surface area contributed by atoms with Crippen LogP contribution in [0.1, 0.15) is 5.56 Å². The van der Waals surface area contributed by atoms with Crippen molar-refractivity contribution in [3.63, 3.8) is 0 Å². The third kappa shape index (κ3) is 3.43. The Morgan fingerprint density at radius 3 is 2.75 bits per heavy atom. The monoisotopic (exact) mass is 344 g/mol. The molecule has 0 aliphatic heterocycles. The number of nitro benzene ring substituents is 1. The molecule has 0 amide bonds. The lowest BCUT2D eigenvalue weighted by Gasteiger charge is -1.99. The fourth-order valence-corrected chi connectivity index (χ4v) is 1.52. The molecule has 0 radical (unpaired) electrons. The van der Waals surface area contributed by atoms with Crippen LogP contribution in [0.3, 0.4) is 0 Å². The van der Waals surface area contributed by atoms with Crippen molar-refractivity contribution in [3.8, 4) is 6.07 Å². The number of hydrogen-bond donors (Lipinski definition) is 0. The largest absolute Gasteiger partial charge is 0.270 e. The smallest absolute Gasteiger partial charge is 0.258 e. The lowest BCUT2D eigenvalue weighted by atomic mass is 10.1. The van der Waals surface area contributed by atoms with E-state index in [1.807, 2.05) is 6.07 Å². The molecule has 6 heteroatoms. The first-order valence-electron chi connectivity index (χ1n) is 4.19. The van der Waals surface area contributed by atoms with Crippen LogP contribution in [0.15, 0.2) is 29.8 Å². The number of nitro groups is 1. The zero-order chi connectivity index (χ0) is 12.1. The van der Waals surface area contributed by atoms with Gasteiger partial charge in [-0.1, -0.05) is 44.0 Å². The molecule has 0 atom stereocenters. The molecule has 0 aromatic heterocycles. The van der Waals surface area contributed by atoms with Gasteiger partial charge >= 0.3 is 0 Å². The van der Waals surface area contributed by atoms with E-state index in [4.69, 9.17) is 5.26 Å². The van der Waals surface area contributed by atoms with Gasteiger partial charge in [0, 0.05) is 12.1 Å². The molecule has 0 fully saturated rings. The second-order valence-corrected chi connectivity index (χ2v) is 5.92. The van der Waals surface area contributed by atoms with Gasteiger partial charge in [-0.2, -0.15) is 5.26 Å². The molecular weight excluding hydrogens is 340 g/mol. The third-order valence-electron chi connectivity index (χ3n) is 1.77. The Balaban J connectivity index is 3.11. The van der Waals surface area contributed by atoms with Gasteiger partial charge in [0.05, 0.1) is 16.6 Å². The Kier molecular flexibility index (Phi) is 4.65. The van der Waals surface area contributed by atoms with E-state index in [0.29, 0.717) is 11.1 Å². The van der Waals surface area contributed by atoms with Crippen LogP contribution in [-0.4, -0.2) is 8.66 Å². The summed E-state index contributed by atoms with van der Waals surface area (Å²) in [7, 11) is 0. The van der Waals surface area contributed by atoms with Gasteiger partial charge in [-0.15, -0.1) is 0 Å². The molecule has 0 saturated carbocycles. The molecule has 4 nitrogen and oxygen atoms in total. The van der Waals surface area contributed by atoms with Crippen LogP contribution in [0.2, 0.25) is 0 Å². The second-order valence-electron chi connectivity index (χ2n) is 2.86. The van der Waals surface area contributed by atoms with Crippen molar-refractivity contribution in [2.24, 2.45) is 0 Å². The summed E-state index contributed by atoms with van der Waals surface area (Å²) in [5, 5.41) is 19.4. The highest BCUT2D eigenvalue weighted by molar-refractivity contribution is 9.24. The summed E-state index contributed by atoms with van der Waals surface area (Å²) in [4.78, 5) is 10.1. The van der Waals surface area contributed by atoms with Crippen molar-refractivity contribution in [1.29, 1.82) is 5.26 Å². The predicted molar refractivity (Wildman–Crippen MR) is 68.3 cm³/mol. The highest BCUT2D eigenvalue weighted by Gasteiger charge is 2.08. The number of nitriles is 1. The standard InChI is InChI=1S/C10H6Br2N2O2/c11-10(12)8(6-13)4-7-2-1-3-9(5-7)14(15)16/h1-5,10H/b8-4+. The number of alkyl halides is 2. The Hall–Kier alpha value is -1.19. The van der Waals surface area contributed by atoms with Crippen molar-refractivity contribution in [1.82, 2.24) is 0 Å². The quantitative estimate of drug-likeness (QED) is 0.363. The van der Waals surface area contributed by atoms with Crippen molar-refractivity contribution in [2.45, 2.75) is 3.74 Å². The molecule has 1 aromatic rings. The van der Waals surface area contributed by atoms with Crippen LogP contribution in [0.25, 0.3) is 6.08 Å². The van der Waals surface area contributed by atoms with Crippen molar-refractivity contribution in [2.75, 3.05) is 0 Å². The summed E-state index contributed by atoms with van der Waals surface area (Å²) in [5.41, 5.74) is 1.07. The maximum atomic E-state index is 10.5. The van der Waals surface area contributed by atoms with Crippen LogP contribution >= 0.6 is 31.9 Å². The van der Waals surface area contributed by atoms with Gasteiger partial charge in [0.1, 0.15) is 3.74 Å². The molecule has 0 heterocycles. The summed E-state index contributed by atoms with van der Waals surface area (Å²) in [6.45, 7) is 0. The summed E-state index contributed by atoms with van der Waals surface area (Å²) >= 11 is 6.40. The molecule has 0 unspecified atom stereocenters. The first kappa shape index (κ1) is 12.9. The minimum absolute atomic E-state index is 0.00624. The molecule has 0 aliphatic carbocycles. The molecule has 82 valence electrons. The minimum atomic E-state index is -0.469. The van der Waals surface area contributed by atoms with E-state index in [1.54, 1.807) is 18.2 Å². The molecule has 0 spiro atoms. The molecule has 0 N–H and O–H groups in total. The lowest BCUT2D eigenvalue weighted by molar-refractivity contribution is -0.384. The zero-order valence-corrected chi connectivity index (χ0v) is 11.1. The zero-order valence-electron chi connectivity index (χ0n) is 7.93. The molecular formula is C10H6Br2N2O2. The van der Waals surface area contributed by atoms with E-state index in [0.717, 1.165) is 0 Å². The van der Waals surface area contributed by atoms with Gasteiger partial charge in [0.25, 0.3) is 5.69 Å². The number of halogens is 2. The lowest BCUT2D eigenvalue weighted by Crippen LogP contribution is -1.91. The summed E-state index contributed by atoms with van der Waals surface area (Å²) in [6.07, 6.45) is 1.58. The normalized spacial score (nSPS) is 11.2. The molecule has 1 aromatic carbocycles. The van der Waals surface area contributed by atoms with E-state index in [-0.39, 0.29) is 9.42 Å². The van der Waals surface area contributed by atoms with Crippen LogP contribution in [0.4, 0.5) is 5.69 Å². The number of allylic oxidation sites excluding steroid dienone is 1. The van der Waals surface area contributed by atoms with Gasteiger partial charge in [0.15, 0.2) is 0 Å². The molecule has 0 aliphatic rings. The fraction of sp³-hybridized carbons (Fsp3) is 0.100. The van der Waals surface area contributed by atoms with Crippen molar-refractivity contribution in [3.05, 3.63) is 45.5 Å². The van der Waals surface area contributed by atoms with Crippen LogP contribution in [0.5, 0.6) is 0 Å². The summed E-state index contributed by atoms with van der Waals surface area (Å²) in [6, 6.07) is 8.10. The third-order valence-corrected chi connectivity index (χ3v) is 2.75. The Morgan fingerprint density at radius 2 is 2.25 bits per heavy atom. The van der Waals surface area contributed by atoms with Crippen LogP contribution in [0, 0.1) is 21.4 Å². The minimum Gasteiger partial charge on any atom is -0.258 e. The van der Waals surface area contributed by atoms with Gasteiger partial charge in [-0.25, -0.2) is 0 Å². The Morgan fingerprint density at radius 1 is 1.56 bits per heavy atom. The van der Waals surface area contributed by atoms with E-state index in [9.17, 15) is 10.1 Å². The van der Waals surface area contributed by atoms with Crippen LogP contribution in [-0.2, 0) is 0 Å². The van der Waals surface area contributed by atoms with Crippen molar-refractivity contribution < 1.29 is 4.92 Å². The molecule has 16 heavy (non-hydrogen) atoms. The average Bonchev–Trinajstić information content (AvgIpc) is 2.25. The number of hydrogen-bond acceptors (Lipinski definition) is 3. The van der Waals surface area contributed by atoms with E-state index in [1.165, 1.54) is 12.1 Å². The number of non-ortho nitro benzene ring substituents is 1. The highest BCUT2D eigenvalue weighted by atomic mass is 79.9. The highest BCUT2D eigenvalue weighted by Crippen LogP contribution is 2.22. The van der Waals surface area contributed by atoms with Gasteiger partial charge in [-0.3, -0.25) is 10.1 Å². The van der Waals surface area contributed by atoms with Gasteiger partial charge in [-0.05, 0) is 11.6 Å². The first-order valence-corrected chi connectivity index (χ1v) is 6.02. The van der Waals surface area contributed by atoms with E-state index < -0.39 is 4.92 Å². The molecule has 0 saturated heterocycles. The Bertz CT molecular complexity index is 478. The topological polar surface area (TPSA) is 66.9 Å². The summed E-state index contributed by atoms with van der Waals surface area (Å²) < 4.78 is -0.260. The number of nitrogens with zero attached hydrogens (tertiary/aromatic N) is 2. The second kappa shape index (κ2) is 5.77. The van der Waals surface area contributed by atoms with Gasteiger partial charge < -0.3 is 0 Å². The van der Waals surface area contributed by atoms with Crippen LogP contribution < -0.4 is 0 Å². The maximum absolute atomic E-state index is 10.5. The predicted octanol–water partition coefficient (Wildman–Crippen LogP) is 3.62. The average molecular weight is 346 g/mol. The molecule has 1 rings (SSSR count). The van der Waals surface area contributed by atoms with E-state index in [2.05, 4.69) is 31.9 Å². The molecule has 0 bridgehead atoms. The maximum Gasteiger partial charge on any atom is 0.270 e. The van der Waals surface area contributed by atoms with Crippen molar-refractivity contribution >= 4 is 43.6 Å².